The van der Waals surface area contributed by atoms with Crippen molar-refractivity contribution < 1.29 is 9.59 Å². The number of anilines is 1. The van der Waals surface area contributed by atoms with Gasteiger partial charge in [0, 0.05) is 6.20 Å². The molecule has 1 aromatic rings. The minimum Gasteiger partial charge on any atom is -0.340 e. The summed E-state index contributed by atoms with van der Waals surface area (Å²) in [4.78, 5) is 30.4. The maximum absolute atomic E-state index is 12.6. The second-order valence-corrected chi connectivity index (χ2v) is 5.69. The van der Waals surface area contributed by atoms with Gasteiger partial charge in [-0.15, -0.1) is 0 Å². The van der Waals surface area contributed by atoms with E-state index in [1.807, 2.05) is 13.8 Å². The maximum Gasteiger partial charge on any atom is 0.252 e. The van der Waals surface area contributed by atoms with Crippen LogP contribution in [-0.4, -0.2) is 28.4 Å². The summed E-state index contributed by atoms with van der Waals surface area (Å²) >= 11 is 0. The van der Waals surface area contributed by atoms with Gasteiger partial charge in [0.25, 0.3) is 5.91 Å². The van der Waals surface area contributed by atoms with Crippen molar-refractivity contribution in [3.8, 4) is 0 Å². The Morgan fingerprint density at radius 1 is 1.37 bits per heavy atom. The largest absolute Gasteiger partial charge is 0.340 e. The van der Waals surface area contributed by atoms with Gasteiger partial charge in [-0.1, -0.05) is 13.8 Å². The molecule has 1 saturated heterocycles. The summed E-state index contributed by atoms with van der Waals surface area (Å²) < 4.78 is 0. The van der Waals surface area contributed by atoms with Crippen molar-refractivity contribution in [2.24, 2.45) is 5.92 Å². The van der Waals surface area contributed by atoms with Gasteiger partial charge in [0.15, 0.2) is 0 Å². The van der Waals surface area contributed by atoms with Crippen molar-refractivity contribution in [3.63, 3.8) is 0 Å². The van der Waals surface area contributed by atoms with Crippen LogP contribution in [0.1, 0.15) is 27.7 Å². The van der Waals surface area contributed by atoms with Gasteiger partial charge in [-0.2, -0.15) is 0 Å². The van der Waals surface area contributed by atoms with Crippen LogP contribution in [0.2, 0.25) is 0 Å². The Morgan fingerprint density at radius 3 is 2.58 bits per heavy atom. The predicted octanol–water partition coefficient (Wildman–Crippen LogP) is 1.35. The van der Waals surface area contributed by atoms with Gasteiger partial charge in [-0.3, -0.25) is 19.5 Å². The number of piperazine rings is 1. The number of nitrogens with one attached hydrogen (secondary N) is 1. The zero-order valence-electron chi connectivity index (χ0n) is 11.7. The average Bonchev–Trinajstić information content (AvgIpc) is 2.33. The van der Waals surface area contributed by atoms with Crippen LogP contribution in [-0.2, 0) is 9.59 Å². The van der Waals surface area contributed by atoms with Crippen molar-refractivity contribution in [1.82, 2.24) is 10.3 Å². The molecule has 1 aromatic heterocycles. The maximum atomic E-state index is 12.6. The summed E-state index contributed by atoms with van der Waals surface area (Å²) in [6, 6.07) is 3.07. The van der Waals surface area contributed by atoms with Gasteiger partial charge in [0.1, 0.15) is 11.6 Å². The molecule has 0 spiro atoms. The fourth-order valence-electron chi connectivity index (χ4n) is 2.36. The number of carbonyl (C=O) groups is 2. The number of amides is 2. The van der Waals surface area contributed by atoms with Crippen molar-refractivity contribution in [2.75, 3.05) is 4.90 Å². The van der Waals surface area contributed by atoms with Crippen molar-refractivity contribution in [2.45, 2.75) is 39.3 Å². The Labute approximate surface area is 113 Å². The molecule has 2 heterocycles. The lowest BCUT2D eigenvalue weighted by atomic mass is 9.91. The molecule has 1 atom stereocenters. The Hall–Kier alpha value is -1.91. The molecule has 0 aliphatic carbocycles. The number of rotatable bonds is 2. The van der Waals surface area contributed by atoms with Crippen molar-refractivity contribution in [1.29, 1.82) is 0 Å². The van der Waals surface area contributed by atoms with E-state index in [0.29, 0.717) is 5.69 Å². The molecule has 1 fully saturated rings. The lowest BCUT2D eigenvalue weighted by Crippen LogP contribution is -2.69. The second kappa shape index (κ2) is 4.64. The predicted molar refractivity (Wildman–Crippen MR) is 72.6 cm³/mol. The van der Waals surface area contributed by atoms with Crippen LogP contribution < -0.4 is 10.2 Å². The average molecular weight is 261 g/mol. The van der Waals surface area contributed by atoms with Gasteiger partial charge in [-0.05, 0) is 31.9 Å². The first kappa shape index (κ1) is 13.5. The fraction of sp³-hybridized carbons (Fsp3) is 0.500. The third-order valence-electron chi connectivity index (χ3n) is 3.29. The van der Waals surface area contributed by atoms with Crippen LogP contribution in [0.5, 0.6) is 0 Å². The first-order valence-corrected chi connectivity index (χ1v) is 6.40. The van der Waals surface area contributed by atoms with Gasteiger partial charge in [-0.25, -0.2) is 0 Å². The van der Waals surface area contributed by atoms with Crippen LogP contribution in [0.3, 0.4) is 0 Å². The summed E-state index contributed by atoms with van der Waals surface area (Å²) in [6.45, 7) is 7.29. The number of nitrogens with zero attached hydrogens (tertiary/aromatic N) is 2. The number of carbonyl (C=O) groups excluding carboxylic acids is 2. The van der Waals surface area contributed by atoms with E-state index < -0.39 is 11.6 Å². The van der Waals surface area contributed by atoms with Gasteiger partial charge in [0.05, 0.1) is 11.9 Å². The monoisotopic (exact) mass is 261 g/mol. The highest BCUT2D eigenvalue weighted by Crippen LogP contribution is 2.27. The minimum absolute atomic E-state index is 0.0280. The van der Waals surface area contributed by atoms with Crippen LogP contribution in [0.4, 0.5) is 5.69 Å². The van der Waals surface area contributed by atoms with E-state index in [1.54, 1.807) is 43.3 Å². The standard InChI is InChI=1S/C14H19N3O2/c1-9(2)11-12(18)16-14(3,4)13(19)17(11)10-6-5-7-15-8-10/h5-9,11H,1-4H3,(H,16,18). The topological polar surface area (TPSA) is 62.3 Å². The zero-order valence-corrected chi connectivity index (χ0v) is 11.7. The van der Waals surface area contributed by atoms with Crippen LogP contribution in [0.15, 0.2) is 24.5 Å². The second-order valence-electron chi connectivity index (χ2n) is 5.69. The third-order valence-corrected chi connectivity index (χ3v) is 3.29. The van der Waals surface area contributed by atoms with E-state index >= 15 is 0 Å². The summed E-state index contributed by atoms with van der Waals surface area (Å²) in [6.07, 6.45) is 3.26. The molecule has 5 nitrogen and oxygen atoms in total. The molecule has 1 aliphatic rings. The van der Waals surface area contributed by atoms with E-state index in [-0.39, 0.29) is 17.7 Å². The summed E-state index contributed by atoms with van der Waals surface area (Å²) in [5.74, 6) is -0.206. The summed E-state index contributed by atoms with van der Waals surface area (Å²) in [5.41, 5.74) is -0.229. The SMILES string of the molecule is CC(C)C1C(=O)NC(C)(C)C(=O)N1c1cccnc1. The molecular weight excluding hydrogens is 242 g/mol. The van der Waals surface area contributed by atoms with Crippen molar-refractivity contribution >= 4 is 17.5 Å². The Morgan fingerprint density at radius 2 is 2.05 bits per heavy atom. The quantitative estimate of drug-likeness (QED) is 0.874. The highest BCUT2D eigenvalue weighted by molar-refractivity contribution is 6.10. The van der Waals surface area contributed by atoms with Crippen LogP contribution >= 0.6 is 0 Å². The molecule has 2 amide bonds. The number of hydrogen-bond acceptors (Lipinski definition) is 3. The van der Waals surface area contributed by atoms with E-state index in [0.717, 1.165) is 0 Å². The smallest absolute Gasteiger partial charge is 0.252 e. The molecule has 2 rings (SSSR count). The first-order chi connectivity index (χ1) is 8.84. The Kier molecular flexibility index (Phi) is 3.30. The van der Waals surface area contributed by atoms with Crippen molar-refractivity contribution in [3.05, 3.63) is 24.5 Å². The van der Waals surface area contributed by atoms with E-state index in [1.165, 1.54) is 0 Å². The third kappa shape index (κ3) is 2.32. The normalized spacial score (nSPS) is 22.6. The van der Waals surface area contributed by atoms with E-state index in [9.17, 15) is 9.59 Å². The van der Waals surface area contributed by atoms with Gasteiger partial charge < -0.3 is 5.32 Å². The minimum atomic E-state index is -0.891. The highest BCUT2D eigenvalue weighted by Gasteiger charge is 2.47. The molecule has 19 heavy (non-hydrogen) atoms. The molecule has 1 unspecified atom stereocenters. The lowest BCUT2D eigenvalue weighted by molar-refractivity contribution is -0.138. The van der Waals surface area contributed by atoms with Crippen LogP contribution in [0, 0.1) is 5.92 Å². The molecule has 5 heteroatoms. The van der Waals surface area contributed by atoms with Gasteiger partial charge >= 0.3 is 0 Å². The molecule has 1 N–H and O–H groups in total. The molecule has 0 aromatic carbocycles. The van der Waals surface area contributed by atoms with Crippen LogP contribution in [0.25, 0.3) is 0 Å². The van der Waals surface area contributed by atoms with E-state index in [4.69, 9.17) is 0 Å². The molecule has 0 radical (unpaired) electrons. The number of pyridine rings is 1. The zero-order chi connectivity index (χ0) is 14.2. The van der Waals surface area contributed by atoms with E-state index in [2.05, 4.69) is 10.3 Å². The Balaban J connectivity index is 2.50. The summed E-state index contributed by atoms with van der Waals surface area (Å²) in [5, 5.41) is 2.79. The summed E-state index contributed by atoms with van der Waals surface area (Å²) in [7, 11) is 0. The molecule has 102 valence electrons. The fourth-order valence-corrected chi connectivity index (χ4v) is 2.36. The highest BCUT2D eigenvalue weighted by atomic mass is 16.2. The Bertz CT molecular complexity index is 497. The molecule has 0 saturated carbocycles. The molecule has 1 aliphatic heterocycles. The number of hydrogen-bond donors (Lipinski definition) is 1. The van der Waals surface area contributed by atoms with Gasteiger partial charge in [0.2, 0.25) is 5.91 Å². The molecular formula is C14H19N3O2. The lowest BCUT2D eigenvalue weighted by Gasteiger charge is -2.44. The number of aromatic nitrogens is 1. The first-order valence-electron chi connectivity index (χ1n) is 6.40. The molecule has 0 bridgehead atoms.